The average molecular weight is 328 g/mol. The van der Waals surface area contributed by atoms with Crippen LogP contribution in [0.2, 0.25) is 0 Å². The lowest BCUT2D eigenvalue weighted by Gasteiger charge is -2.32. The summed E-state index contributed by atoms with van der Waals surface area (Å²) in [7, 11) is 0. The van der Waals surface area contributed by atoms with Crippen molar-refractivity contribution < 1.29 is 9.90 Å². The van der Waals surface area contributed by atoms with Crippen LogP contribution in [0.1, 0.15) is 38.2 Å². The zero-order valence-corrected chi connectivity index (χ0v) is 14.4. The van der Waals surface area contributed by atoms with Crippen LogP contribution < -0.4 is 5.32 Å². The minimum Gasteiger partial charge on any atom is -0.481 e. The van der Waals surface area contributed by atoms with Gasteiger partial charge in [-0.1, -0.05) is 42.0 Å². The maximum atomic E-state index is 10.6. The van der Waals surface area contributed by atoms with Gasteiger partial charge >= 0.3 is 5.97 Å². The number of nitrogens with one attached hydrogen (secondary N) is 1. The molecule has 0 spiro atoms. The van der Waals surface area contributed by atoms with Crippen LogP contribution >= 0.6 is 0 Å². The molecular weight excluding hydrogens is 300 g/mol. The zero-order chi connectivity index (χ0) is 16.9. The summed E-state index contributed by atoms with van der Waals surface area (Å²) in [6.07, 6.45) is 6.07. The molecule has 1 aliphatic heterocycles. The minimum absolute atomic E-state index is 0.256. The summed E-state index contributed by atoms with van der Waals surface area (Å²) in [6, 6.07) is 11.7. The van der Waals surface area contributed by atoms with Gasteiger partial charge in [-0.3, -0.25) is 4.79 Å². The molecule has 4 nitrogen and oxygen atoms in total. The molecule has 0 radical (unpaired) electrons. The summed E-state index contributed by atoms with van der Waals surface area (Å²) in [5, 5.41) is 12.6. The van der Waals surface area contributed by atoms with Gasteiger partial charge in [0.15, 0.2) is 0 Å². The monoisotopic (exact) mass is 328 g/mol. The molecule has 130 valence electrons. The molecule has 2 unspecified atom stereocenters. The van der Waals surface area contributed by atoms with Crippen LogP contribution in [0.15, 0.2) is 35.9 Å². The Balaban J connectivity index is 1.40. The lowest BCUT2D eigenvalue weighted by atomic mass is 10.0. The van der Waals surface area contributed by atoms with Gasteiger partial charge in [0.1, 0.15) is 0 Å². The van der Waals surface area contributed by atoms with Crippen molar-refractivity contribution in [3.63, 3.8) is 0 Å². The fraction of sp³-hybridized carbons (Fsp3) is 0.550. The highest BCUT2D eigenvalue weighted by Gasteiger charge is 2.39. The van der Waals surface area contributed by atoms with Crippen LogP contribution in [0.3, 0.4) is 0 Å². The Bertz CT molecular complexity index is 577. The molecule has 0 bridgehead atoms. The van der Waals surface area contributed by atoms with E-state index >= 15 is 0 Å². The van der Waals surface area contributed by atoms with Crippen LogP contribution in [0.4, 0.5) is 0 Å². The number of piperidine rings is 1. The summed E-state index contributed by atoms with van der Waals surface area (Å²) in [5.41, 5.74) is 2.75. The van der Waals surface area contributed by atoms with Gasteiger partial charge in [0.2, 0.25) is 0 Å². The van der Waals surface area contributed by atoms with Crippen molar-refractivity contribution in [2.24, 2.45) is 5.92 Å². The Morgan fingerprint density at radius 3 is 2.67 bits per heavy atom. The van der Waals surface area contributed by atoms with Gasteiger partial charge in [0.25, 0.3) is 0 Å². The van der Waals surface area contributed by atoms with Crippen LogP contribution in [0, 0.1) is 5.92 Å². The van der Waals surface area contributed by atoms with Crippen LogP contribution in [-0.4, -0.2) is 47.7 Å². The SMILES string of the molecule is C/C(=C\c1ccccc1)C1CC1NC1CCN(CCC(=O)O)CC1. The van der Waals surface area contributed by atoms with Gasteiger partial charge in [-0.05, 0) is 50.8 Å². The summed E-state index contributed by atoms with van der Waals surface area (Å²) < 4.78 is 0. The van der Waals surface area contributed by atoms with Crippen molar-refractivity contribution in [2.75, 3.05) is 19.6 Å². The van der Waals surface area contributed by atoms with Crippen molar-refractivity contribution in [2.45, 2.75) is 44.7 Å². The number of aliphatic carboxylic acids is 1. The summed E-state index contributed by atoms with van der Waals surface area (Å²) in [5.74, 6) is -0.0213. The number of benzene rings is 1. The molecule has 0 amide bonds. The van der Waals surface area contributed by atoms with Crippen LogP contribution in [0.25, 0.3) is 6.08 Å². The van der Waals surface area contributed by atoms with E-state index in [9.17, 15) is 4.79 Å². The minimum atomic E-state index is -0.697. The fourth-order valence-corrected chi connectivity index (χ4v) is 3.68. The second kappa shape index (κ2) is 7.95. The molecule has 3 rings (SSSR count). The van der Waals surface area contributed by atoms with E-state index in [1.807, 2.05) is 0 Å². The topological polar surface area (TPSA) is 52.6 Å². The standard InChI is InChI=1S/C20H28N2O2/c1-15(13-16-5-3-2-4-6-16)18-14-19(18)21-17-7-10-22(11-8-17)12-9-20(23)24/h2-6,13,17-19,21H,7-12,14H2,1H3,(H,23,24)/b15-13+. The molecule has 1 heterocycles. The van der Waals surface area contributed by atoms with E-state index in [-0.39, 0.29) is 6.42 Å². The molecule has 1 saturated carbocycles. The van der Waals surface area contributed by atoms with Gasteiger partial charge in [-0.25, -0.2) is 0 Å². The molecule has 1 aliphatic carbocycles. The second-order valence-corrected chi connectivity index (χ2v) is 7.17. The van der Waals surface area contributed by atoms with E-state index in [1.165, 1.54) is 17.6 Å². The van der Waals surface area contributed by atoms with Gasteiger partial charge in [-0.15, -0.1) is 0 Å². The maximum absolute atomic E-state index is 10.6. The first-order valence-corrected chi connectivity index (χ1v) is 9.05. The molecule has 1 saturated heterocycles. The third-order valence-electron chi connectivity index (χ3n) is 5.25. The number of carboxylic acid groups (broad SMARTS) is 1. The first-order chi connectivity index (χ1) is 11.6. The largest absolute Gasteiger partial charge is 0.481 e. The Morgan fingerprint density at radius 2 is 2.00 bits per heavy atom. The van der Waals surface area contributed by atoms with Gasteiger partial charge in [0.05, 0.1) is 6.42 Å². The highest BCUT2D eigenvalue weighted by molar-refractivity contribution is 5.66. The summed E-state index contributed by atoms with van der Waals surface area (Å²) >= 11 is 0. The zero-order valence-electron chi connectivity index (χ0n) is 14.4. The van der Waals surface area contributed by atoms with Crippen LogP contribution in [-0.2, 0) is 4.79 Å². The number of nitrogens with zero attached hydrogens (tertiary/aromatic N) is 1. The number of hydrogen-bond donors (Lipinski definition) is 2. The molecular formula is C20H28N2O2. The molecule has 1 aromatic carbocycles. The third kappa shape index (κ3) is 4.92. The van der Waals surface area contributed by atoms with E-state index in [2.05, 4.69) is 53.5 Å². The highest BCUT2D eigenvalue weighted by atomic mass is 16.4. The Morgan fingerprint density at radius 1 is 1.29 bits per heavy atom. The fourth-order valence-electron chi connectivity index (χ4n) is 3.68. The van der Waals surface area contributed by atoms with Crippen molar-refractivity contribution in [1.82, 2.24) is 10.2 Å². The number of likely N-dealkylation sites (tertiary alicyclic amines) is 1. The smallest absolute Gasteiger partial charge is 0.304 e. The third-order valence-corrected chi connectivity index (χ3v) is 5.25. The van der Waals surface area contributed by atoms with E-state index in [0.717, 1.165) is 25.9 Å². The van der Waals surface area contributed by atoms with Gasteiger partial charge in [0, 0.05) is 18.6 Å². The predicted molar refractivity (Wildman–Crippen MR) is 96.8 cm³/mol. The van der Waals surface area contributed by atoms with E-state index in [1.54, 1.807) is 0 Å². The van der Waals surface area contributed by atoms with Crippen molar-refractivity contribution in [1.29, 1.82) is 0 Å². The molecule has 2 aliphatic rings. The molecule has 4 heteroatoms. The number of carbonyl (C=O) groups is 1. The lowest BCUT2D eigenvalue weighted by Crippen LogP contribution is -2.44. The first kappa shape index (κ1) is 17.2. The Kier molecular flexibility index (Phi) is 5.69. The first-order valence-electron chi connectivity index (χ1n) is 9.05. The van der Waals surface area contributed by atoms with E-state index < -0.39 is 5.97 Å². The maximum Gasteiger partial charge on any atom is 0.304 e. The summed E-state index contributed by atoms with van der Waals surface area (Å²) in [4.78, 5) is 12.9. The summed E-state index contributed by atoms with van der Waals surface area (Å²) in [6.45, 7) is 4.96. The normalized spacial score (nSPS) is 25.6. The number of rotatable bonds is 7. The average Bonchev–Trinajstić information content (AvgIpc) is 3.34. The molecule has 24 heavy (non-hydrogen) atoms. The second-order valence-electron chi connectivity index (χ2n) is 7.17. The van der Waals surface area contributed by atoms with Crippen molar-refractivity contribution in [3.8, 4) is 0 Å². The van der Waals surface area contributed by atoms with E-state index in [4.69, 9.17) is 5.11 Å². The molecule has 2 fully saturated rings. The van der Waals surface area contributed by atoms with Crippen molar-refractivity contribution >= 4 is 12.0 Å². The lowest BCUT2D eigenvalue weighted by molar-refractivity contribution is -0.137. The number of hydrogen-bond acceptors (Lipinski definition) is 3. The van der Waals surface area contributed by atoms with Gasteiger partial charge in [-0.2, -0.15) is 0 Å². The molecule has 1 aromatic rings. The quantitative estimate of drug-likeness (QED) is 0.808. The van der Waals surface area contributed by atoms with Crippen molar-refractivity contribution in [3.05, 3.63) is 41.5 Å². The van der Waals surface area contributed by atoms with Gasteiger partial charge < -0.3 is 15.3 Å². The predicted octanol–water partition coefficient (Wildman–Crippen LogP) is 3.01. The molecule has 0 aromatic heterocycles. The van der Waals surface area contributed by atoms with E-state index in [0.29, 0.717) is 24.5 Å². The highest BCUT2D eigenvalue weighted by Crippen LogP contribution is 2.38. The molecule has 2 atom stereocenters. The number of carboxylic acids is 1. The van der Waals surface area contributed by atoms with Crippen LogP contribution in [0.5, 0.6) is 0 Å². The molecule has 2 N–H and O–H groups in total. The Hall–Kier alpha value is -1.65. The Labute approximate surface area is 144 Å².